The van der Waals surface area contributed by atoms with Crippen molar-refractivity contribution in [1.29, 1.82) is 0 Å². The van der Waals surface area contributed by atoms with Gasteiger partial charge in [-0.3, -0.25) is 0 Å². The Morgan fingerprint density at radius 1 is 1.39 bits per heavy atom. The summed E-state index contributed by atoms with van der Waals surface area (Å²) in [6.07, 6.45) is 2.01. The van der Waals surface area contributed by atoms with E-state index in [2.05, 4.69) is 5.32 Å². The molecule has 0 saturated carbocycles. The molecule has 6 heteroatoms. The van der Waals surface area contributed by atoms with E-state index in [4.69, 9.17) is 9.84 Å². The first kappa shape index (κ1) is 19.8. The van der Waals surface area contributed by atoms with E-state index < -0.39 is 18.0 Å². The van der Waals surface area contributed by atoms with Crippen LogP contribution in [0.25, 0.3) is 0 Å². The summed E-state index contributed by atoms with van der Waals surface area (Å²) < 4.78 is 4.74. The van der Waals surface area contributed by atoms with Crippen LogP contribution in [0.1, 0.15) is 34.1 Å². The molecular weight excluding hydrogens is 245 g/mol. The first-order valence-electron chi connectivity index (χ1n) is 5.76. The summed E-state index contributed by atoms with van der Waals surface area (Å²) in [6, 6.07) is -0.689. The Kier molecular flexibility index (Phi) is 11.5. The second kappa shape index (κ2) is 10.4. The molecule has 0 aromatic carbocycles. The van der Waals surface area contributed by atoms with Gasteiger partial charge >= 0.3 is 41.5 Å². The predicted octanol–water partition coefficient (Wildman–Crippen LogP) is 0.894. The summed E-state index contributed by atoms with van der Waals surface area (Å²) in [7, 11) is 0. The summed E-state index contributed by atoms with van der Waals surface area (Å²) in [4.78, 5) is 22.2. The SMILES string of the molecule is CCOC(=O)C=C(C)N[C@H](C(=O)O)[C@@H](C)CC.[NaH]. The number of hydrogen-bond donors (Lipinski definition) is 2. The Balaban J connectivity index is 0. The van der Waals surface area contributed by atoms with Gasteiger partial charge in [-0.05, 0) is 19.8 Å². The molecule has 2 atom stereocenters. The fourth-order valence-electron chi connectivity index (χ4n) is 1.33. The van der Waals surface area contributed by atoms with Gasteiger partial charge in [0.1, 0.15) is 6.04 Å². The molecule has 0 rings (SSSR count). The Hall–Kier alpha value is -0.520. The molecule has 0 unspecified atom stereocenters. The maximum atomic E-state index is 11.2. The molecule has 0 aliphatic heterocycles. The first-order chi connectivity index (χ1) is 7.92. The monoisotopic (exact) mass is 267 g/mol. The molecular formula is C12H22NNaO4. The van der Waals surface area contributed by atoms with Gasteiger partial charge in [0.2, 0.25) is 0 Å². The molecule has 0 aliphatic carbocycles. The molecule has 0 saturated heterocycles. The fourth-order valence-corrected chi connectivity index (χ4v) is 1.33. The second-order valence-electron chi connectivity index (χ2n) is 3.93. The minimum atomic E-state index is -0.920. The molecule has 5 nitrogen and oxygen atoms in total. The minimum absolute atomic E-state index is 0. The molecule has 18 heavy (non-hydrogen) atoms. The van der Waals surface area contributed by atoms with Crippen LogP contribution in [-0.2, 0) is 14.3 Å². The summed E-state index contributed by atoms with van der Waals surface area (Å²) in [6.45, 7) is 7.44. The average molecular weight is 267 g/mol. The number of ether oxygens (including phenoxy) is 1. The van der Waals surface area contributed by atoms with Gasteiger partial charge in [-0.25, -0.2) is 9.59 Å². The van der Waals surface area contributed by atoms with Gasteiger partial charge in [0.25, 0.3) is 0 Å². The number of hydrogen-bond acceptors (Lipinski definition) is 4. The van der Waals surface area contributed by atoms with Crippen molar-refractivity contribution in [2.24, 2.45) is 5.92 Å². The predicted molar refractivity (Wildman–Crippen MR) is 71.6 cm³/mol. The molecule has 0 aliphatic rings. The molecule has 0 spiro atoms. The van der Waals surface area contributed by atoms with Crippen molar-refractivity contribution in [3.8, 4) is 0 Å². The molecule has 0 radical (unpaired) electrons. The number of aliphatic carboxylic acids is 1. The van der Waals surface area contributed by atoms with Gasteiger partial charge in [0.15, 0.2) is 0 Å². The van der Waals surface area contributed by atoms with Crippen molar-refractivity contribution < 1.29 is 19.4 Å². The number of carbonyl (C=O) groups is 2. The van der Waals surface area contributed by atoms with E-state index >= 15 is 0 Å². The zero-order chi connectivity index (χ0) is 13.4. The van der Waals surface area contributed by atoms with Gasteiger partial charge in [-0.2, -0.15) is 0 Å². The van der Waals surface area contributed by atoms with Crippen molar-refractivity contribution >= 4 is 41.5 Å². The van der Waals surface area contributed by atoms with Crippen LogP contribution < -0.4 is 5.32 Å². The topological polar surface area (TPSA) is 75.6 Å². The van der Waals surface area contributed by atoms with Crippen molar-refractivity contribution in [2.45, 2.75) is 40.2 Å². The summed E-state index contributed by atoms with van der Waals surface area (Å²) in [5, 5.41) is 11.9. The van der Waals surface area contributed by atoms with Crippen molar-refractivity contribution in [3.05, 3.63) is 11.8 Å². The molecule has 0 aromatic heterocycles. The van der Waals surface area contributed by atoms with Crippen molar-refractivity contribution in [2.75, 3.05) is 6.61 Å². The van der Waals surface area contributed by atoms with Gasteiger partial charge in [-0.1, -0.05) is 20.3 Å². The first-order valence-corrected chi connectivity index (χ1v) is 5.76. The molecule has 2 N–H and O–H groups in total. The van der Waals surface area contributed by atoms with Crippen LogP contribution in [0.3, 0.4) is 0 Å². The van der Waals surface area contributed by atoms with Crippen LogP contribution in [0.5, 0.6) is 0 Å². The Morgan fingerprint density at radius 2 is 1.94 bits per heavy atom. The van der Waals surface area contributed by atoms with E-state index in [-0.39, 0.29) is 35.5 Å². The fraction of sp³-hybridized carbons (Fsp3) is 0.667. The van der Waals surface area contributed by atoms with E-state index in [9.17, 15) is 9.59 Å². The number of carboxylic acids is 1. The number of carbonyl (C=O) groups excluding carboxylic acids is 1. The third kappa shape index (κ3) is 7.74. The van der Waals surface area contributed by atoms with Crippen LogP contribution in [0.15, 0.2) is 11.8 Å². The van der Waals surface area contributed by atoms with E-state index in [1.807, 2.05) is 13.8 Å². The molecule has 0 heterocycles. The number of carboxylic acid groups (broad SMARTS) is 1. The number of allylic oxidation sites excluding steroid dienone is 1. The van der Waals surface area contributed by atoms with Crippen LogP contribution >= 0.6 is 0 Å². The van der Waals surface area contributed by atoms with E-state index in [1.165, 1.54) is 6.08 Å². The number of rotatable bonds is 7. The standard InChI is InChI=1S/C12H21NO4.Na.H/c1-5-8(3)11(12(15)16)13-9(4)7-10(14)17-6-2;;/h7-8,11,13H,5-6H2,1-4H3,(H,15,16);;/t8-,11-;;/m0../s1. The number of nitrogens with one attached hydrogen (secondary N) is 1. The third-order valence-corrected chi connectivity index (χ3v) is 2.48. The summed E-state index contributed by atoms with van der Waals surface area (Å²) in [5.74, 6) is -1.40. The number of esters is 1. The zero-order valence-corrected chi connectivity index (χ0v) is 10.8. The van der Waals surface area contributed by atoms with Gasteiger partial charge in [0, 0.05) is 11.8 Å². The maximum absolute atomic E-state index is 11.2. The van der Waals surface area contributed by atoms with Gasteiger partial charge in [0.05, 0.1) is 6.61 Å². The Labute approximate surface area is 130 Å². The van der Waals surface area contributed by atoms with E-state index in [0.29, 0.717) is 12.3 Å². The molecule has 100 valence electrons. The normalized spacial score (nSPS) is 14.1. The molecule has 0 aromatic rings. The van der Waals surface area contributed by atoms with Crippen molar-refractivity contribution in [1.82, 2.24) is 5.32 Å². The van der Waals surface area contributed by atoms with E-state index in [1.54, 1.807) is 13.8 Å². The van der Waals surface area contributed by atoms with Crippen LogP contribution in [0.4, 0.5) is 0 Å². The zero-order valence-electron chi connectivity index (χ0n) is 10.8. The Bertz CT molecular complexity index is 304. The van der Waals surface area contributed by atoms with Gasteiger partial charge in [-0.15, -0.1) is 0 Å². The third-order valence-electron chi connectivity index (χ3n) is 2.48. The van der Waals surface area contributed by atoms with Crippen LogP contribution in [-0.4, -0.2) is 59.3 Å². The van der Waals surface area contributed by atoms with Crippen molar-refractivity contribution in [3.63, 3.8) is 0 Å². The molecule has 0 fully saturated rings. The average Bonchev–Trinajstić information content (AvgIpc) is 2.24. The van der Waals surface area contributed by atoms with Gasteiger partial charge < -0.3 is 15.2 Å². The van der Waals surface area contributed by atoms with Crippen LogP contribution in [0, 0.1) is 5.92 Å². The quantitative estimate of drug-likeness (QED) is 0.407. The van der Waals surface area contributed by atoms with E-state index in [0.717, 1.165) is 6.42 Å². The Morgan fingerprint density at radius 3 is 2.33 bits per heavy atom. The second-order valence-corrected chi connectivity index (χ2v) is 3.93. The van der Waals surface area contributed by atoms with Crippen LogP contribution in [0.2, 0.25) is 0 Å². The summed E-state index contributed by atoms with van der Waals surface area (Å²) in [5.41, 5.74) is 0.496. The summed E-state index contributed by atoms with van der Waals surface area (Å²) >= 11 is 0. The molecule has 0 amide bonds. The molecule has 0 bridgehead atoms.